The molecule has 1 fully saturated rings. The highest BCUT2D eigenvalue weighted by Crippen LogP contribution is 2.20. The third kappa shape index (κ3) is 3.69. The van der Waals surface area contributed by atoms with Gasteiger partial charge in [0, 0.05) is 37.7 Å². The van der Waals surface area contributed by atoms with E-state index in [4.69, 9.17) is 17.3 Å². The van der Waals surface area contributed by atoms with E-state index in [-0.39, 0.29) is 11.4 Å². The van der Waals surface area contributed by atoms with Gasteiger partial charge in [-0.15, -0.1) is 4.83 Å². The zero-order valence-electron chi connectivity index (χ0n) is 11.3. The van der Waals surface area contributed by atoms with E-state index in [1.54, 1.807) is 11.1 Å². The van der Waals surface area contributed by atoms with Crippen molar-refractivity contribution in [2.45, 2.75) is 11.4 Å². The molecule has 1 aromatic carbocycles. The standard InChI is InChI=1S/C12H19ClN4O2S/c1-16-4-6-17(7-5-16)15-20(18,19)11-2-3-12(13)10(8-11)9-14/h2-3,8,15H,4-7,9,14H2,1H3. The average molecular weight is 319 g/mol. The number of hydrogen-bond acceptors (Lipinski definition) is 5. The lowest BCUT2D eigenvalue weighted by molar-refractivity contribution is 0.135. The van der Waals surface area contributed by atoms with Gasteiger partial charge >= 0.3 is 0 Å². The van der Waals surface area contributed by atoms with Gasteiger partial charge in [-0.05, 0) is 30.8 Å². The Balaban J connectivity index is 2.14. The lowest BCUT2D eigenvalue weighted by Gasteiger charge is -2.32. The molecule has 1 heterocycles. The monoisotopic (exact) mass is 318 g/mol. The summed E-state index contributed by atoms with van der Waals surface area (Å²) in [4.78, 5) is 4.93. The predicted molar refractivity (Wildman–Crippen MR) is 78.7 cm³/mol. The van der Waals surface area contributed by atoms with Crippen molar-refractivity contribution in [3.63, 3.8) is 0 Å². The van der Waals surface area contributed by atoms with Crippen LogP contribution in [0.5, 0.6) is 0 Å². The van der Waals surface area contributed by atoms with Crippen LogP contribution in [0.4, 0.5) is 0 Å². The van der Waals surface area contributed by atoms with Crippen molar-refractivity contribution < 1.29 is 8.42 Å². The first-order chi connectivity index (χ1) is 9.42. The van der Waals surface area contributed by atoms with E-state index in [0.717, 1.165) is 13.1 Å². The molecule has 0 aromatic heterocycles. The molecular weight excluding hydrogens is 300 g/mol. The third-order valence-electron chi connectivity index (χ3n) is 3.30. The molecular formula is C12H19ClN4O2S. The molecule has 1 saturated heterocycles. The second-order valence-electron chi connectivity index (χ2n) is 4.84. The van der Waals surface area contributed by atoms with Gasteiger partial charge in [0.2, 0.25) is 0 Å². The smallest absolute Gasteiger partial charge is 0.253 e. The summed E-state index contributed by atoms with van der Waals surface area (Å²) in [5.74, 6) is 0. The molecule has 0 aliphatic carbocycles. The molecule has 0 saturated carbocycles. The first-order valence-corrected chi connectivity index (χ1v) is 8.23. The lowest BCUT2D eigenvalue weighted by Crippen LogP contribution is -2.52. The Morgan fingerprint density at radius 2 is 1.95 bits per heavy atom. The summed E-state index contributed by atoms with van der Waals surface area (Å²) in [5.41, 5.74) is 6.17. The average Bonchev–Trinajstić information content (AvgIpc) is 2.41. The number of piperazine rings is 1. The number of nitrogens with two attached hydrogens (primary N) is 1. The molecule has 0 spiro atoms. The van der Waals surface area contributed by atoms with E-state index >= 15 is 0 Å². The molecule has 0 atom stereocenters. The van der Waals surface area contributed by atoms with Gasteiger partial charge < -0.3 is 10.6 Å². The van der Waals surface area contributed by atoms with E-state index in [0.29, 0.717) is 23.7 Å². The molecule has 0 bridgehead atoms. The molecule has 0 radical (unpaired) electrons. The first kappa shape index (κ1) is 15.7. The number of nitrogens with zero attached hydrogens (tertiary/aromatic N) is 2. The summed E-state index contributed by atoms with van der Waals surface area (Å²) in [5, 5.41) is 2.19. The molecule has 1 aliphatic heterocycles. The van der Waals surface area contributed by atoms with Gasteiger partial charge in [-0.1, -0.05) is 11.6 Å². The molecule has 1 aliphatic rings. The van der Waals surface area contributed by atoms with Crippen molar-refractivity contribution in [3.8, 4) is 0 Å². The highest BCUT2D eigenvalue weighted by molar-refractivity contribution is 7.89. The highest BCUT2D eigenvalue weighted by Gasteiger charge is 2.21. The first-order valence-electron chi connectivity index (χ1n) is 6.37. The molecule has 0 amide bonds. The van der Waals surface area contributed by atoms with Crippen molar-refractivity contribution in [3.05, 3.63) is 28.8 Å². The van der Waals surface area contributed by atoms with Crippen LogP contribution in [0.3, 0.4) is 0 Å². The van der Waals surface area contributed by atoms with E-state index in [9.17, 15) is 8.42 Å². The van der Waals surface area contributed by atoms with Gasteiger partial charge in [0.05, 0.1) is 4.90 Å². The molecule has 112 valence electrons. The number of hydrogen-bond donors (Lipinski definition) is 2. The van der Waals surface area contributed by atoms with Crippen LogP contribution in [0.15, 0.2) is 23.1 Å². The molecule has 3 N–H and O–H groups in total. The van der Waals surface area contributed by atoms with Crippen LogP contribution in [-0.4, -0.2) is 51.6 Å². The fourth-order valence-electron chi connectivity index (χ4n) is 2.00. The van der Waals surface area contributed by atoms with Gasteiger partial charge in [-0.25, -0.2) is 13.4 Å². The second kappa shape index (κ2) is 6.38. The van der Waals surface area contributed by atoms with Crippen LogP contribution in [0.1, 0.15) is 5.56 Å². The quantitative estimate of drug-likeness (QED) is 0.831. The van der Waals surface area contributed by atoms with Crippen molar-refractivity contribution in [2.75, 3.05) is 33.2 Å². The van der Waals surface area contributed by atoms with Crippen LogP contribution < -0.4 is 10.6 Å². The maximum absolute atomic E-state index is 12.3. The Morgan fingerprint density at radius 3 is 2.55 bits per heavy atom. The van der Waals surface area contributed by atoms with Crippen molar-refractivity contribution in [2.24, 2.45) is 5.73 Å². The van der Waals surface area contributed by atoms with Crippen molar-refractivity contribution in [1.29, 1.82) is 0 Å². The summed E-state index contributed by atoms with van der Waals surface area (Å²) in [6, 6.07) is 4.56. The minimum absolute atomic E-state index is 0.182. The van der Waals surface area contributed by atoms with Crippen LogP contribution in [0.25, 0.3) is 0 Å². The number of benzene rings is 1. The van der Waals surface area contributed by atoms with Crippen molar-refractivity contribution >= 4 is 21.6 Å². The van der Waals surface area contributed by atoms with Gasteiger partial charge in [0.25, 0.3) is 10.0 Å². The third-order valence-corrected chi connectivity index (χ3v) is 5.04. The van der Waals surface area contributed by atoms with Crippen LogP contribution in [0.2, 0.25) is 5.02 Å². The molecule has 1 aromatic rings. The summed E-state index contributed by atoms with van der Waals surface area (Å²) >= 11 is 5.94. The lowest BCUT2D eigenvalue weighted by atomic mass is 10.2. The Morgan fingerprint density at radius 1 is 1.30 bits per heavy atom. The van der Waals surface area contributed by atoms with Crippen LogP contribution in [-0.2, 0) is 16.6 Å². The zero-order valence-corrected chi connectivity index (χ0v) is 12.9. The number of likely N-dealkylation sites (N-methyl/N-ethyl adjacent to an activating group) is 1. The van der Waals surface area contributed by atoms with E-state index in [1.807, 2.05) is 7.05 Å². The Labute approximate surface area is 124 Å². The maximum atomic E-state index is 12.3. The molecule has 8 heteroatoms. The summed E-state index contributed by atoms with van der Waals surface area (Å²) < 4.78 is 24.6. The Kier molecular flexibility index (Phi) is 5.00. The largest absolute Gasteiger partial charge is 0.326 e. The van der Waals surface area contributed by atoms with E-state index < -0.39 is 10.0 Å². The van der Waals surface area contributed by atoms with E-state index in [2.05, 4.69) is 9.73 Å². The Bertz CT molecular complexity index is 571. The fraction of sp³-hybridized carbons (Fsp3) is 0.500. The van der Waals surface area contributed by atoms with Gasteiger partial charge in [0.1, 0.15) is 0 Å². The molecule has 6 nitrogen and oxygen atoms in total. The van der Waals surface area contributed by atoms with Gasteiger partial charge in [0.15, 0.2) is 0 Å². The Hall–Kier alpha value is -0.700. The second-order valence-corrected chi connectivity index (χ2v) is 6.91. The van der Waals surface area contributed by atoms with Crippen molar-refractivity contribution in [1.82, 2.24) is 14.7 Å². The maximum Gasteiger partial charge on any atom is 0.253 e. The summed E-state index contributed by atoms with van der Waals surface area (Å²) in [7, 11) is -1.57. The van der Waals surface area contributed by atoms with E-state index in [1.165, 1.54) is 12.1 Å². The minimum Gasteiger partial charge on any atom is -0.326 e. The van der Waals surface area contributed by atoms with Gasteiger partial charge in [-0.2, -0.15) is 0 Å². The molecule has 20 heavy (non-hydrogen) atoms. The SMILES string of the molecule is CN1CCN(NS(=O)(=O)c2ccc(Cl)c(CN)c2)CC1. The normalized spacial score (nSPS) is 18.4. The summed E-state index contributed by atoms with van der Waals surface area (Å²) in [6.45, 7) is 3.19. The number of hydrazine groups is 1. The van der Waals surface area contributed by atoms with Crippen LogP contribution in [0, 0.1) is 0 Å². The fourth-order valence-corrected chi connectivity index (χ4v) is 3.36. The highest BCUT2D eigenvalue weighted by atomic mass is 35.5. The predicted octanol–water partition coefficient (Wildman–Crippen LogP) is 0.239. The number of rotatable bonds is 4. The zero-order chi connectivity index (χ0) is 14.8. The van der Waals surface area contributed by atoms with Crippen LogP contribution >= 0.6 is 11.6 Å². The summed E-state index contributed by atoms with van der Waals surface area (Å²) in [6.07, 6.45) is 0. The molecule has 2 rings (SSSR count). The minimum atomic E-state index is -3.58. The van der Waals surface area contributed by atoms with Gasteiger partial charge in [-0.3, -0.25) is 0 Å². The topological polar surface area (TPSA) is 78.7 Å². The molecule has 0 unspecified atom stereocenters. The number of nitrogens with one attached hydrogen (secondary N) is 1. The number of halogens is 1. The number of sulfonamides is 1.